The Labute approximate surface area is 79.1 Å². The molecule has 0 aliphatic heterocycles. The largest absolute Gasteiger partial charge is 0.480 e. The number of aliphatic carboxylic acids is 1. The summed E-state index contributed by atoms with van der Waals surface area (Å²) >= 11 is 0. The number of ether oxygens (including phenoxy) is 1. The minimum absolute atomic E-state index is 0.134. The highest BCUT2D eigenvalue weighted by atomic mass is 16.5. The zero-order chi connectivity index (χ0) is 9.52. The number of carboxylic acids is 1. The van der Waals surface area contributed by atoms with Crippen molar-refractivity contribution < 1.29 is 14.6 Å². The molecule has 0 saturated heterocycles. The molecule has 0 heterocycles. The second-order valence-corrected chi connectivity index (χ2v) is 3.67. The van der Waals surface area contributed by atoms with Gasteiger partial charge in [0.15, 0.2) is 0 Å². The second-order valence-electron chi connectivity index (χ2n) is 3.67. The molecule has 0 bridgehead atoms. The summed E-state index contributed by atoms with van der Waals surface area (Å²) in [4.78, 5) is 10.3. The Hall–Kier alpha value is -0.570. The van der Waals surface area contributed by atoms with Gasteiger partial charge in [-0.1, -0.05) is 32.1 Å². The van der Waals surface area contributed by atoms with E-state index in [1.54, 1.807) is 0 Å². The minimum Gasteiger partial charge on any atom is -0.480 e. The fraction of sp³-hybridized carbons (Fsp3) is 0.900. The van der Waals surface area contributed by atoms with Gasteiger partial charge in [-0.2, -0.15) is 0 Å². The minimum atomic E-state index is -0.859. The maximum atomic E-state index is 10.3. The quantitative estimate of drug-likeness (QED) is 0.735. The number of carbonyl (C=O) groups is 1. The van der Waals surface area contributed by atoms with Crippen LogP contribution in [0.2, 0.25) is 0 Å². The SMILES string of the molecule is O=C(O)COC1CCCCCCC1. The molecule has 0 amide bonds. The molecule has 3 nitrogen and oxygen atoms in total. The van der Waals surface area contributed by atoms with E-state index in [1.165, 1.54) is 32.1 Å². The summed E-state index contributed by atoms with van der Waals surface area (Å²) in [6.07, 6.45) is 8.50. The molecule has 0 aromatic carbocycles. The van der Waals surface area contributed by atoms with Gasteiger partial charge in [-0.15, -0.1) is 0 Å². The van der Waals surface area contributed by atoms with E-state index in [-0.39, 0.29) is 12.7 Å². The number of rotatable bonds is 3. The molecular weight excluding hydrogens is 168 g/mol. The van der Waals surface area contributed by atoms with Gasteiger partial charge in [-0.05, 0) is 12.8 Å². The van der Waals surface area contributed by atoms with Crippen molar-refractivity contribution in [1.82, 2.24) is 0 Å². The topological polar surface area (TPSA) is 46.5 Å². The molecule has 1 fully saturated rings. The highest BCUT2D eigenvalue weighted by molar-refractivity contribution is 5.68. The number of carboxylic acid groups (broad SMARTS) is 1. The van der Waals surface area contributed by atoms with Crippen molar-refractivity contribution in [3.05, 3.63) is 0 Å². The van der Waals surface area contributed by atoms with Crippen LogP contribution in [0.1, 0.15) is 44.9 Å². The maximum Gasteiger partial charge on any atom is 0.329 e. The van der Waals surface area contributed by atoms with Crippen molar-refractivity contribution >= 4 is 5.97 Å². The summed E-state index contributed by atoms with van der Waals surface area (Å²) in [6, 6.07) is 0. The lowest BCUT2D eigenvalue weighted by Gasteiger charge is -2.19. The third-order valence-corrected chi connectivity index (χ3v) is 2.49. The lowest BCUT2D eigenvalue weighted by molar-refractivity contribution is -0.144. The number of hydrogen-bond donors (Lipinski definition) is 1. The zero-order valence-corrected chi connectivity index (χ0v) is 8.00. The van der Waals surface area contributed by atoms with Gasteiger partial charge >= 0.3 is 5.97 Å². The van der Waals surface area contributed by atoms with Gasteiger partial charge in [0, 0.05) is 0 Å². The van der Waals surface area contributed by atoms with Crippen LogP contribution in [0.3, 0.4) is 0 Å². The van der Waals surface area contributed by atoms with Gasteiger partial charge in [0.05, 0.1) is 6.10 Å². The monoisotopic (exact) mass is 186 g/mol. The summed E-state index contributed by atoms with van der Waals surface area (Å²) in [6.45, 7) is -0.134. The van der Waals surface area contributed by atoms with Crippen molar-refractivity contribution in [2.75, 3.05) is 6.61 Å². The van der Waals surface area contributed by atoms with Crippen LogP contribution in [-0.4, -0.2) is 23.8 Å². The van der Waals surface area contributed by atoms with Crippen molar-refractivity contribution in [3.8, 4) is 0 Å². The summed E-state index contributed by atoms with van der Waals surface area (Å²) in [5.74, 6) is -0.859. The Morgan fingerprint density at radius 1 is 1.15 bits per heavy atom. The molecule has 1 aliphatic rings. The molecule has 1 N–H and O–H groups in total. The molecule has 1 rings (SSSR count). The maximum absolute atomic E-state index is 10.3. The van der Waals surface area contributed by atoms with Gasteiger partial charge in [0.1, 0.15) is 6.61 Å². The van der Waals surface area contributed by atoms with E-state index in [4.69, 9.17) is 9.84 Å². The van der Waals surface area contributed by atoms with Crippen LogP contribution in [-0.2, 0) is 9.53 Å². The molecule has 0 unspecified atom stereocenters. The summed E-state index contributed by atoms with van der Waals surface area (Å²) in [5, 5.41) is 8.44. The van der Waals surface area contributed by atoms with Crippen molar-refractivity contribution in [1.29, 1.82) is 0 Å². The molecule has 0 radical (unpaired) electrons. The van der Waals surface area contributed by atoms with E-state index in [2.05, 4.69) is 0 Å². The Morgan fingerprint density at radius 3 is 2.23 bits per heavy atom. The van der Waals surface area contributed by atoms with Gasteiger partial charge in [0.25, 0.3) is 0 Å². The first-order valence-electron chi connectivity index (χ1n) is 5.12. The Kier molecular flexibility index (Phi) is 4.83. The van der Waals surface area contributed by atoms with Crippen LogP contribution in [0, 0.1) is 0 Å². The summed E-state index contributed by atoms with van der Waals surface area (Å²) < 4.78 is 5.28. The summed E-state index contributed by atoms with van der Waals surface area (Å²) in [5.41, 5.74) is 0. The van der Waals surface area contributed by atoms with E-state index >= 15 is 0 Å². The van der Waals surface area contributed by atoms with Gasteiger partial charge < -0.3 is 9.84 Å². The van der Waals surface area contributed by atoms with Crippen molar-refractivity contribution in [2.45, 2.75) is 51.0 Å². The van der Waals surface area contributed by atoms with Gasteiger partial charge in [0.2, 0.25) is 0 Å². The predicted octanol–water partition coefficient (Wildman–Crippen LogP) is 2.20. The third kappa shape index (κ3) is 4.88. The van der Waals surface area contributed by atoms with Crippen LogP contribution in [0.25, 0.3) is 0 Å². The summed E-state index contributed by atoms with van der Waals surface area (Å²) in [7, 11) is 0. The molecular formula is C10H18O3. The lowest BCUT2D eigenvalue weighted by Crippen LogP contribution is -2.19. The lowest BCUT2D eigenvalue weighted by atomic mass is 9.99. The molecule has 76 valence electrons. The number of hydrogen-bond acceptors (Lipinski definition) is 2. The van der Waals surface area contributed by atoms with E-state index in [1.807, 2.05) is 0 Å². The van der Waals surface area contributed by atoms with Crippen molar-refractivity contribution in [2.24, 2.45) is 0 Å². The van der Waals surface area contributed by atoms with Crippen LogP contribution in [0.5, 0.6) is 0 Å². The molecule has 3 heteroatoms. The fourth-order valence-electron chi connectivity index (χ4n) is 1.77. The third-order valence-electron chi connectivity index (χ3n) is 2.49. The van der Waals surface area contributed by atoms with E-state index in [0.29, 0.717) is 0 Å². The van der Waals surface area contributed by atoms with E-state index < -0.39 is 5.97 Å². The van der Waals surface area contributed by atoms with E-state index in [0.717, 1.165) is 12.8 Å². The standard InChI is InChI=1S/C10H18O3/c11-10(12)8-13-9-6-4-2-1-3-5-7-9/h9H,1-8H2,(H,11,12). The molecule has 1 saturated carbocycles. The normalized spacial score (nSPS) is 20.6. The molecule has 0 aromatic heterocycles. The van der Waals surface area contributed by atoms with Crippen molar-refractivity contribution in [3.63, 3.8) is 0 Å². The van der Waals surface area contributed by atoms with Crippen LogP contribution >= 0.6 is 0 Å². The Bertz CT molecular complexity index is 148. The van der Waals surface area contributed by atoms with Crippen LogP contribution < -0.4 is 0 Å². The molecule has 0 aromatic rings. The average molecular weight is 186 g/mol. The highest BCUT2D eigenvalue weighted by Crippen LogP contribution is 2.19. The second kappa shape index (κ2) is 5.97. The fourth-order valence-corrected chi connectivity index (χ4v) is 1.77. The molecule has 13 heavy (non-hydrogen) atoms. The van der Waals surface area contributed by atoms with E-state index in [9.17, 15) is 4.79 Å². The van der Waals surface area contributed by atoms with Crippen LogP contribution in [0.15, 0.2) is 0 Å². The first kappa shape index (κ1) is 10.5. The average Bonchev–Trinajstić information content (AvgIpc) is 2.01. The zero-order valence-electron chi connectivity index (χ0n) is 8.00. The van der Waals surface area contributed by atoms with Crippen LogP contribution in [0.4, 0.5) is 0 Å². The van der Waals surface area contributed by atoms with Gasteiger partial charge in [-0.25, -0.2) is 4.79 Å². The first-order chi connectivity index (χ1) is 6.29. The molecule has 0 spiro atoms. The Morgan fingerprint density at radius 2 is 1.69 bits per heavy atom. The highest BCUT2D eigenvalue weighted by Gasteiger charge is 2.12. The predicted molar refractivity (Wildman–Crippen MR) is 49.7 cm³/mol. The first-order valence-corrected chi connectivity index (χ1v) is 5.12. The Balaban J connectivity index is 2.17. The molecule has 1 aliphatic carbocycles. The van der Waals surface area contributed by atoms with Gasteiger partial charge in [-0.3, -0.25) is 0 Å². The molecule has 0 atom stereocenters. The smallest absolute Gasteiger partial charge is 0.329 e.